The Morgan fingerprint density at radius 1 is 1.14 bits per heavy atom. The summed E-state index contributed by atoms with van der Waals surface area (Å²) in [6, 6.07) is 10.5. The van der Waals surface area contributed by atoms with E-state index in [1.165, 1.54) is 28.6 Å². The Morgan fingerprint density at radius 2 is 1.75 bits per heavy atom. The minimum atomic E-state index is -3.97. The standard InChI is InChI=1S/C20H22Cl2N2O3S/c1-5-12-24(15-8-6-14(21)7-9-15)28(26,27)16-10-11-18(22)17(13-16)19(25)23-20(2,3)4/h5-11,13H,1,12H2,2-4H3,(H,23,25). The summed E-state index contributed by atoms with van der Waals surface area (Å²) in [5.41, 5.74) is 0.0280. The minimum absolute atomic E-state index is 0.0484. The van der Waals surface area contributed by atoms with Crippen molar-refractivity contribution in [3.05, 3.63) is 70.7 Å². The zero-order valence-corrected chi connectivity index (χ0v) is 18.2. The second-order valence-corrected chi connectivity index (χ2v) is 9.85. The number of nitrogens with one attached hydrogen (secondary N) is 1. The first kappa shape index (κ1) is 22.3. The number of hydrogen-bond acceptors (Lipinski definition) is 3. The maximum Gasteiger partial charge on any atom is 0.264 e. The lowest BCUT2D eigenvalue weighted by Gasteiger charge is -2.24. The highest BCUT2D eigenvalue weighted by Gasteiger charge is 2.26. The number of amides is 1. The van der Waals surface area contributed by atoms with Crippen LogP contribution in [0.5, 0.6) is 0 Å². The number of carbonyl (C=O) groups is 1. The second-order valence-electron chi connectivity index (χ2n) is 7.15. The molecule has 28 heavy (non-hydrogen) atoms. The molecule has 2 rings (SSSR count). The highest BCUT2D eigenvalue weighted by atomic mass is 35.5. The van der Waals surface area contributed by atoms with Gasteiger partial charge in [-0.3, -0.25) is 9.10 Å². The van der Waals surface area contributed by atoms with Gasteiger partial charge in [-0.25, -0.2) is 8.42 Å². The second kappa shape index (κ2) is 8.55. The van der Waals surface area contributed by atoms with Gasteiger partial charge in [-0.1, -0.05) is 29.3 Å². The number of anilines is 1. The molecule has 2 aromatic carbocycles. The van der Waals surface area contributed by atoms with Crippen molar-refractivity contribution in [2.45, 2.75) is 31.2 Å². The van der Waals surface area contributed by atoms with Gasteiger partial charge < -0.3 is 5.32 Å². The zero-order valence-electron chi connectivity index (χ0n) is 15.9. The lowest BCUT2D eigenvalue weighted by atomic mass is 10.1. The summed E-state index contributed by atoms with van der Waals surface area (Å²) in [5, 5.41) is 3.45. The fourth-order valence-corrected chi connectivity index (χ4v) is 4.23. The number of halogens is 2. The van der Waals surface area contributed by atoms with Crippen LogP contribution < -0.4 is 9.62 Å². The summed E-state index contributed by atoms with van der Waals surface area (Å²) in [6.07, 6.45) is 1.48. The van der Waals surface area contributed by atoms with E-state index in [1.807, 2.05) is 20.8 Å². The van der Waals surface area contributed by atoms with Crippen molar-refractivity contribution in [3.8, 4) is 0 Å². The molecule has 0 atom stereocenters. The van der Waals surface area contributed by atoms with Crippen LogP contribution in [0.25, 0.3) is 0 Å². The predicted octanol–water partition coefficient (Wildman–Crippen LogP) is 4.90. The van der Waals surface area contributed by atoms with Crippen LogP contribution in [-0.2, 0) is 10.0 Å². The van der Waals surface area contributed by atoms with E-state index in [0.29, 0.717) is 10.7 Å². The van der Waals surface area contributed by atoms with Crippen LogP contribution in [0.1, 0.15) is 31.1 Å². The van der Waals surface area contributed by atoms with Crippen molar-refractivity contribution in [2.75, 3.05) is 10.8 Å². The molecule has 1 amide bonds. The lowest BCUT2D eigenvalue weighted by Crippen LogP contribution is -2.40. The summed E-state index contributed by atoms with van der Waals surface area (Å²) in [6.45, 7) is 9.16. The summed E-state index contributed by atoms with van der Waals surface area (Å²) in [4.78, 5) is 12.5. The molecule has 0 spiro atoms. The Kier molecular flexibility index (Phi) is 6.80. The van der Waals surface area contributed by atoms with Crippen LogP contribution in [0, 0.1) is 0 Å². The highest BCUT2D eigenvalue weighted by Crippen LogP contribution is 2.28. The monoisotopic (exact) mass is 440 g/mol. The Hall–Kier alpha value is -2.02. The highest BCUT2D eigenvalue weighted by molar-refractivity contribution is 7.92. The maximum atomic E-state index is 13.2. The number of rotatable bonds is 6. The molecule has 0 heterocycles. The van der Waals surface area contributed by atoms with Crippen molar-refractivity contribution in [2.24, 2.45) is 0 Å². The van der Waals surface area contributed by atoms with Crippen LogP contribution in [0.4, 0.5) is 5.69 Å². The fourth-order valence-electron chi connectivity index (χ4n) is 2.44. The van der Waals surface area contributed by atoms with Gasteiger partial charge in [-0.05, 0) is 63.2 Å². The molecule has 0 aromatic heterocycles. The first-order valence-corrected chi connectivity index (χ1v) is 10.7. The maximum absolute atomic E-state index is 13.2. The average molecular weight is 441 g/mol. The molecule has 0 saturated heterocycles. The first-order chi connectivity index (χ1) is 13.0. The molecule has 1 N–H and O–H groups in total. The quantitative estimate of drug-likeness (QED) is 0.649. The Morgan fingerprint density at radius 3 is 2.29 bits per heavy atom. The molecule has 0 aliphatic carbocycles. The summed E-state index contributed by atoms with van der Waals surface area (Å²) in [5.74, 6) is -0.448. The normalized spacial score (nSPS) is 11.8. The van der Waals surface area contributed by atoms with Crippen LogP contribution in [0.2, 0.25) is 10.0 Å². The van der Waals surface area contributed by atoms with E-state index in [9.17, 15) is 13.2 Å². The SMILES string of the molecule is C=CCN(c1ccc(Cl)cc1)S(=O)(=O)c1ccc(Cl)c(C(=O)NC(C)(C)C)c1. The third-order valence-corrected chi connectivity index (χ3v) is 6.04. The molecule has 0 aliphatic rings. The van der Waals surface area contributed by atoms with Gasteiger partial charge in [0.05, 0.1) is 27.7 Å². The van der Waals surface area contributed by atoms with Gasteiger partial charge in [0.25, 0.3) is 15.9 Å². The van der Waals surface area contributed by atoms with Crippen molar-refractivity contribution < 1.29 is 13.2 Å². The first-order valence-electron chi connectivity index (χ1n) is 8.47. The molecule has 2 aromatic rings. The Balaban J connectivity index is 2.51. The average Bonchev–Trinajstić information content (AvgIpc) is 2.59. The van der Waals surface area contributed by atoms with E-state index >= 15 is 0 Å². The smallest absolute Gasteiger partial charge is 0.264 e. The molecular formula is C20H22Cl2N2O3S. The van der Waals surface area contributed by atoms with E-state index in [2.05, 4.69) is 11.9 Å². The van der Waals surface area contributed by atoms with Crippen molar-refractivity contribution in [3.63, 3.8) is 0 Å². The van der Waals surface area contributed by atoms with E-state index in [0.717, 1.165) is 0 Å². The molecule has 150 valence electrons. The van der Waals surface area contributed by atoms with E-state index in [4.69, 9.17) is 23.2 Å². The molecule has 5 nitrogen and oxygen atoms in total. The van der Waals surface area contributed by atoms with Gasteiger partial charge in [-0.2, -0.15) is 0 Å². The van der Waals surface area contributed by atoms with Gasteiger partial charge in [0.1, 0.15) is 0 Å². The largest absolute Gasteiger partial charge is 0.347 e. The Bertz CT molecular complexity index is 982. The number of sulfonamides is 1. The van der Waals surface area contributed by atoms with Crippen molar-refractivity contribution >= 4 is 44.8 Å². The van der Waals surface area contributed by atoms with Crippen LogP contribution in [-0.4, -0.2) is 26.4 Å². The number of carbonyl (C=O) groups excluding carboxylic acids is 1. The third kappa shape index (κ3) is 5.28. The molecule has 0 fully saturated rings. The van der Waals surface area contributed by atoms with E-state index < -0.39 is 21.5 Å². The van der Waals surface area contributed by atoms with Crippen LogP contribution in [0.15, 0.2) is 60.0 Å². The number of nitrogens with zero attached hydrogens (tertiary/aromatic N) is 1. The third-order valence-electron chi connectivity index (χ3n) is 3.67. The van der Waals surface area contributed by atoms with Crippen molar-refractivity contribution in [1.82, 2.24) is 5.32 Å². The van der Waals surface area contributed by atoms with Gasteiger partial charge in [0.15, 0.2) is 0 Å². The predicted molar refractivity (Wildman–Crippen MR) is 115 cm³/mol. The van der Waals surface area contributed by atoms with Gasteiger partial charge in [0.2, 0.25) is 0 Å². The summed E-state index contributed by atoms with van der Waals surface area (Å²) >= 11 is 12.0. The molecule has 0 bridgehead atoms. The number of hydrogen-bond donors (Lipinski definition) is 1. The topological polar surface area (TPSA) is 66.5 Å². The molecule has 0 aliphatic heterocycles. The van der Waals surface area contributed by atoms with Gasteiger partial charge in [0, 0.05) is 10.6 Å². The van der Waals surface area contributed by atoms with Crippen LogP contribution in [0.3, 0.4) is 0 Å². The minimum Gasteiger partial charge on any atom is -0.347 e. The van der Waals surface area contributed by atoms with Gasteiger partial charge in [-0.15, -0.1) is 6.58 Å². The molecule has 8 heteroatoms. The summed E-state index contributed by atoms with van der Waals surface area (Å²) < 4.78 is 27.7. The molecular weight excluding hydrogens is 419 g/mol. The molecule has 0 saturated carbocycles. The van der Waals surface area contributed by atoms with Crippen LogP contribution >= 0.6 is 23.2 Å². The number of benzene rings is 2. The lowest BCUT2D eigenvalue weighted by molar-refractivity contribution is 0.0919. The summed E-state index contributed by atoms with van der Waals surface area (Å²) in [7, 11) is -3.97. The van der Waals surface area contributed by atoms with Crippen molar-refractivity contribution in [1.29, 1.82) is 0 Å². The van der Waals surface area contributed by atoms with E-state index in [-0.39, 0.29) is 22.0 Å². The zero-order chi connectivity index (χ0) is 21.1. The van der Waals surface area contributed by atoms with E-state index in [1.54, 1.807) is 24.3 Å². The van der Waals surface area contributed by atoms with Gasteiger partial charge >= 0.3 is 0 Å². The Labute approximate surface area is 176 Å². The molecule has 0 unspecified atom stereocenters. The fraction of sp³-hybridized carbons (Fsp3) is 0.250. The molecule has 0 radical (unpaired) electrons.